The van der Waals surface area contributed by atoms with Crippen LogP contribution in [0.25, 0.3) is 0 Å². The molecule has 4 nitrogen and oxygen atoms in total. The molecule has 1 rings (SSSR count). The van der Waals surface area contributed by atoms with Crippen molar-refractivity contribution in [3.63, 3.8) is 0 Å². The number of carbonyl (C=O) groups is 1. The van der Waals surface area contributed by atoms with E-state index in [4.69, 9.17) is 33.0 Å². The quantitative estimate of drug-likeness (QED) is 0.907. The first-order valence-electron chi connectivity index (χ1n) is 4.41. The van der Waals surface area contributed by atoms with Crippen LogP contribution in [0.15, 0.2) is 12.1 Å². The number of amides is 1. The number of methoxy groups -OCH3 is 1. The Hall–Kier alpha value is -0.970. The molecular weight excluding hydrogens is 253 g/mol. The molecule has 1 amide bonds. The van der Waals surface area contributed by atoms with Gasteiger partial charge in [0.25, 0.3) is 5.91 Å². The Balaban J connectivity index is 3.25. The van der Waals surface area contributed by atoms with Crippen LogP contribution < -0.4 is 9.64 Å². The van der Waals surface area contributed by atoms with Crippen LogP contribution in [0.4, 0.5) is 5.69 Å². The highest BCUT2D eigenvalue weighted by Crippen LogP contribution is 2.37. The molecule has 1 aromatic carbocycles. The van der Waals surface area contributed by atoms with Crippen LogP contribution in [0.5, 0.6) is 5.75 Å². The molecule has 16 heavy (non-hydrogen) atoms. The SMILES string of the molecule is COc1c(Cl)cc(Cl)cc1N(C)C(=O)CO. The van der Waals surface area contributed by atoms with E-state index in [0.29, 0.717) is 21.5 Å². The number of anilines is 1. The predicted octanol–water partition coefficient (Wildman–Crippen LogP) is 1.96. The van der Waals surface area contributed by atoms with E-state index < -0.39 is 12.5 Å². The summed E-state index contributed by atoms with van der Waals surface area (Å²) in [6, 6.07) is 3.06. The Morgan fingerprint density at radius 3 is 2.62 bits per heavy atom. The number of aliphatic hydroxyl groups is 1. The third-order valence-electron chi connectivity index (χ3n) is 2.06. The second-order valence-corrected chi connectivity index (χ2v) is 3.89. The number of nitrogens with zero attached hydrogens (tertiary/aromatic N) is 1. The Kier molecular flexibility index (Phi) is 4.41. The fourth-order valence-electron chi connectivity index (χ4n) is 1.24. The van der Waals surface area contributed by atoms with E-state index in [1.54, 1.807) is 6.07 Å². The summed E-state index contributed by atoms with van der Waals surface area (Å²) in [7, 11) is 2.94. The molecule has 0 aliphatic carbocycles. The summed E-state index contributed by atoms with van der Waals surface area (Å²) < 4.78 is 5.08. The lowest BCUT2D eigenvalue weighted by atomic mass is 10.2. The number of rotatable bonds is 3. The van der Waals surface area contributed by atoms with E-state index in [0.717, 1.165) is 0 Å². The Morgan fingerprint density at radius 2 is 2.12 bits per heavy atom. The fraction of sp³-hybridized carbons (Fsp3) is 0.300. The van der Waals surface area contributed by atoms with Crippen molar-refractivity contribution >= 4 is 34.8 Å². The van der Waals surface area contributed by atoms with Crippen LogP contribution in [0.1, 0.15) is 0 Å². The van der Waals surface area contributed by atoms with Gasteiger partial charge in [0.15, 0.2) is 5.75 Å². The maximum Gasteiger partial charge on any atom is 0.252 e. The smallest absolute Gasteiger partial charge is 0.252 e. The average molecular weight is 264 g/mol. The summed E-state index contributed by atoms with van der Waals surface area (Å²) in [6.45, 7) is -0.593. The standard InChI is InChI=1S/C10H11Cl2NO3/c1-13(9(15)5-14)8-4-6(11)3-7(12)10(8)16-2/h3-4,14H,5H2,1-2H3. The molecule has 0 spiro atoms. The van der Waals surface area contributed by atoms with Crippen LogP contribution in [-0.2, 0) is 4.79 Å². The highest BCUT2D eigenvalue weighted by molar-refractivity contribution is 6.36. The number of likely N-dealkylation sites (N-methyl/N-ethyl adjacent to an activating group) is 1. The largest absolute Gasteiger partial charge is 0.493 e. The number of aliphatic hydroxyl groups excluding tert-OH is 1. The summed E-state index contributed by atoms with van der Waals surface area (Å²) in [6.07, 6.45) is 0. The Morgan fingerprint density at radius 1 is 1.50 bits per heavy atom. The minimum absolute atomic E-state index is 0.308. The van der Waals surface area contributed by atoms with Gasteiger partial charge in [-0.05, 0) is 12.1 Å². The summed E-state index contributed by atoms with van der Waals surface area (Å²) in [5.41, 5.74) is 0.416. The minimum atomic E-state index is -0.593. The minimum Gasteiger partial charge on any atom is -0.493 e. The van der Waals surface area contributed by atoms with E-state index in [9.17, 15) is 4.79 Å². The summed E-state index contributed by atoms with van der Waals surface area (Å²) in [4.78, 5) is 12.6. The molecule has 0 saturated heterocycles. The van der Waals surface area contributed by atoms with Gasteiger partial charge in [0, 0.05) is 12.1 Å². The van der Waals surface area contributed by atoms with Crippen LogP contribution >= 0.6 is 23.2 Å². The summed E-state index contributed by atoms with van der Waals surface area (Å²) in [5, 5.41) is 9.47. The van der Waals surface area contributed by atoms with Crippen molar-refractivity contribution in [3.05, 3.63) is 22.2 Å². The monoisotopic (exact) mass is 263 g/mol. The van der Waals surface area contributed by atoms with Gasteiger partial charge in [-0.2, -0.15) is 0 Å². The van der Waals surface area contributed by atoms with Gasteiger partial charge in [-0.15, -0.1) is 0 Å². The summed E-state index contributed by atoms with van der Waals surface area (Å²) >= 11 is 11.7. The van der Waals surface area contributed by atoms with Crippen molar-refractivity contribution in [2.75, 3.05) is 25.7 Å². The molecule has 0 bridgehead atoms. The van der Waals surface area contributed by atoms with E-state index >= 15 is 0 Å². The zero-order valence-corrected chi connectivity index (χ0v) is 10.3. The Labute approximate surface area is 103 Å². The molecule has 0 heterocycles. The third kappa shape index (κ3) is 2.58. The second-order valence-electron chi connectivity index (χ2n) is 3.05. The van der Waals surface area contributed by atoms with E-state index in [2.05, 4.69) is 0 Å². The van der Waals surface area contributed by atoms with Crippen molar-refractivity contribution in [1.82, 2.24) is 0 Å². The number of carbonyl (C=O) groups excluding carboxylic acids is 1. The molecule has 0 aromatic heterocycles. The first-order chi connectivity index (χ1) is 7.51. The predicted molar refractivity (Wildman–Crippen MR) is 63.5 cm³/mol. The molecule has 1 N–H and O–H groups in total. The maximum atomic E-state index is 11.3. The van der Waals surface area contributed by atoms with Gasteiger partial charge in [0.05, 0.1) is 17.8 Å². The van der Waals surface area contributed by atoms with E-state index in [-0.39, 0.29) is 0 Å². The van der Waals surface area contributed by atoms with Crippen LogP contribution in [-0.4, -0.2) is 31.8 Å². The number of halogens is 2. The average Bonchev–Trinajstić information content (AvgIpc) is 2.26. The molecule has 0 fully saturated rings. The maximum absolute atomic E-state index is 11.3. The van der Waals surface area contributed by atoms with Gasteiger partial charge in [-0.3, -0.25) is 4.79 Å². The normalized spacial score (nSPS) is 10.1. The van der Waals surface area contributed by atoms with E-state index in [1.807, 2.05) is 0 Å². The highest BCUT2D eigenvalue weighted by atomic mass is 35.5. The van der Waals surface area contributed by atoms with Gasteiger partial charge in [-0.25, -0.2) is 0 Å². The van der Waals surface area contributed by atoms with Gasteiger partial charge in [0.1, 0.15) is 6.61 Å². The van der Waals surface area contributed by atoms with Gasteiger partial charge < -0.3 is 14.7 Å². The molecule has 0 aliphatic heterocycles. The molecule has 0 aliphatic rings. The van der Waals surface area contributed by atoms with Gasteiger partial charge in [-0.1, -0.05) is 23.2 Å². The molecule has 1 aromatic rings. The first-order valence-corrected chi connectivity index (χ1v) is 5.17. The first kappa shape index (κ1) is 13.1. The van der Waals surface area contributed by atoms with Crippen LogP contribution in [0.3, 0.4) is 0 Å². The van der Waals surface area contributed by atoms with E-state index in [1.165, 1.54) is 25.1 Å². The van der Waals surface area contributed by atoms with Crippen molar-refractivity contribution in [2.24, 2.45) is 0 Å². The molecule has 0 radical (unpaired) electrons. The van der Waals surface area contributed by atoms with Gasteiger partial charge in [0.2, 0.25) is 0 Å². The number of ether oxygens (including phenoxy) is 1. The highest BCUT2D eigenvalue weighted by Gasteiger charge is 2.17. The van der Waals surface area contributed by atoms with Crippen molar-refractivity contribution in [1.29, 1.82) is 0 Å². The summed E-state index contributed by atoms with van der Waals surface area (Å²) in [5.74, 6) is -0.132. The topological polar surface area (TPSA) is 49.8 Å². The number of benzene rings is 1. The lowest BCUT2D eigenvalue weighted by Crippen LogP contribution is -2.29. The molecule has 88 valence electrons. The fourth-order valence-corrected chi connectivity index (χ4v) is 1.80. The lowest BCUT2D eigenvalue weighted by Gasteiger charge is -2.20. The zero-order valence-electron chi connectivity index (χ0n) is 8.83. The zero-order chi connectivity index (χ0) is 12.3. The third-order valence-corrected chi connectivity index (χ3v) is 2.56. The van der Waals surface area contributed by atoms with Crippen molar-refractivity contribution in [2.45, 2.75) is 0 Å². The van der Waals surface area contributed by atoms with Gasteiger partial charge >= 0.3 is 0 Å². The molecule has 0 unspecified atom stereocenters. The van der Waals surface area contributed by atoms with Crippen molar-refractivity contribution < 1.29 is 14.6 Å². The number of hydrogen-bond donors (Lipinski definition) is 1. The van der Waals surface area contributed by atoms with Crippen LogP contribution in [0, 0.1) is 0 Å². The molecular formula is C10H11Cl2NO3. The molecule has 0 saturated carbocycles. The second kappa shape index (κ2) is 5.39. The molecule has 6 heteroatoms. The van der Waals surface area contributed by atoms with Crippen molar-refractivity contribution in [3.8, 4) is 5.75 Å². The molecule has 0 atom stereocenters. The van der Waals surface area contributed by atoms with Crippen LogP contribution in [0.2, 0.25) is 10.0 Å². The number of hydrogen-bond acceptors (Lipinski definition) is 3. The lowest BCUT2D eigenvalue weighted by molar-refractivity contribution is -0.120. The Bertz CT molecular complexity index is 409.